The van der Waals surface area contributed by atoms with Gasteiger partial charge in [0.1, 0.15) is 35.1 Å². The fourth-order valence-corrected chi connectivity index (χ4v) is 8.87. The molecule has 2 aromatic carbocycles. The number of fused-ring (bicyclic) bond motifs is 1. The second-order valence-corrected chi connectivity index (χ2v) is 15.4. The number of hydrogen-bond donors (Lipinski definition) is 2. The van der Waals surface area contributed by atoms with Gasteiger partial charge in [0.15, 0.2) is 0 Å². The zero-order valence-corrected chi connectivity index (χ0v) is 26.2. The van der Waals surface area contributed by atoms with Crippen LogP contribution in [0.1, 0.15) is 24.5 Å². The summed E-state index contributed by atoms with van der Waals surface area (Å²) in [5.41, 5.74) is -2.04. The van der Waals surface area contributed by atoms with E-state index >= 15 is 0 Å². The Morgan fingerprint density at radius 1 is 1.14 bits per heavy atom. The molecule has 1 saturated heterocycles. The Kier molecular flexibility index (Phi) is 10.1. The topological polar surface area (TPSA) is 129 Å². The number of nitrogens with one attached hydrogen (secondary N) is 1. The van der Waals surface area contributed by atoms with Gasteiger partial charge < -0.3 is 18.6 Å². The Labute approximate surface area is 252 Å². The zero-order chi connectivity index (χ0) is 31.5. The largest absolute Gasteiger partial charge is 0.488 e. The number of halogens is 3. The summed E-state index contributed by atoms with van der Waals surface area (Å²) in [6.45, 7) is 8.87. The molecule has 0 bridgehead atoms. The number of ether oxygens (including phenoxy) is 1. The van der Waals surface area contributed by atoms with Crippen LogP contribution in [0.25, 0.3) is 10.1 Å². The van der Waals surface area contributed by atoms with Crippen LogP contribution in [0, 0.1) is 11.3 Å². The number of likely N-dealkylation sites (N-methyl/N-ethyl adjacent to an activating group) is 1. The van der Waals surface area contributed by atoms with E-state index < -0.39 is 47.0 Å². The molecule has 2 heterocycles. The van der Waals surface area contributed by atoms with Crippen molar-refractivity contribution in [1.29, 1.82) is 5.26 Å². The molecule has 0 spiro atoms. The van der Waals surface area contributed by atoms with E-state index in [0.29, 0.717) is 28.5 Å². The SMILES string of the molecule is CCC[N+]1(CCOc2ccc3sc(S(=O)(=O)NCP(=O)(O)Oc4ccc(C#N)c(C(F)(F)F)c4)cc3c2)CCN(C)CC1. The van der Waals surface area contributed by atoms with Crippen LogP contribution in [0.3, 0.4) is 0 Å². The fourth-order valence-electron chi connectivity index (χ4n) is 4.95. The summed E-state index contributed by atoms with van der Waals surface area (Å²) in [7, 11) is -6.91. The van der Waals surface area contributed by atoms with Gasteiger partial charge in [-0.3, -0.25) is 4.90 Å². The second kappa shape index (κ2) is 13.1. The molecule has 1 aliphatic heterocycles. The van der Waals surface area contributed by atoms with Crippen LogP contribution in [0.5, 0.6) is 11.5 Å². The minimum absolute atomic E-state index is 0.123. The van der Waals surface area contributed by atoms with E-state index in [1.807, 2.05) is 4.72 Å². The highest BCUT2D eigenvalue weighted by atomic mass is 32.2. The number of hydrogen-bond acceptors (Lipinski definition) is 8. The highest BCUT2D eigenvalue weighted by molar-refractivity contribution is 7.92. The molecule has 0 aliphatic carbocycles. The van der Waals surface area contributed by atoms with E-state index in [1.165, 1.54) is 12.1 Å². The molecule has 1 aromatic heterocycles. The quantitative estimate of drug-likeness (QED) is 0.209. The third-order valence-electron chi connectivity index (χ3n) is 7.29. The maximum absolute atomic E-state index is 13.2. The van der Waals surface area contributed by atoms with Crippen LogP contribution in [-0.4, -0.2) is 81.9 Å². The van der Waals surface area contributed by atoms with Crippen molar-refractivity contribution >= 4 is 39.0 Å². The summed E-state index contributed by atoms with van der Waals surface area (Å²) in [5.74, 6) is -0.0409. The molecular weight excluding hydrogens is 628 g/mol. The van der Waals surface area contributed by atoms with Crippen molar-refractivity contribution in [2.75, 3.05) is 59.2 Å². The van der Waals surface area contributed by atoms with Gasteiger partial charge in [-0.25, -0.2) is 13.0 Å². The zero-order valence-electron chi connectivity index (χ0n) is 23.6. The predicted molar refractivity (Wildman–Crippen MR) is 157 cm³/mol. The third kappa shape index (κ3) is 8.48. The van der Waals surface area contributed by atoms with E-state index in [9.17, 15) is 31.0 Å². The van der Waals surface area contributed by atoms with E-state index in [2.05, 4.69) is 18.9 Å². The first-order valence-corrected chi connectivity index (χ1v) is 17.5. The van der Waals surface area contributed by atoms with Gasteiger partial charge in [0.2, 0.25) is 0 Å². The first kappa shape index (κ1) is 33.2. The first-order valence-electron chi connectivity index (χ1n) is 13.5. The highest BCUT2D eigenvalue weighted by Crippen LogP contribution is 2.44. The van der Waals surface area contributed by atoms with E-state index in [4.69, 9.17) is 14.5 Å². The Morgan fingerprint density at radius 3 is 2.49 bits per heavy atom. The number of alkyl halides is 3. The lowest BCUT2D eigenvalue weighted by molar-refractivity contribution is -0.932. The molecule has 16 heteroatoms. The van der Waals surface area contributed by atoms with Gasteiger partial charge >= 0.3 is 13.8 Å². The normalized spacial score (nSPS) is 17.3. The molecule has 1 unspecified atom stereocenters. The van der Waals surface area contributed by atoms with Gasteiger partial charge in [-0.15, -0.1) is 11.3 Å². The molecule has 0 amide bonds. The number of nitrogens with zero attached hydrogens (tertiary/aromatic N) is 3. The molecule has 10 nitrogen and oxygen atoms in total. The van der Waals surface area contributed by atoms with Crippen LogP contribution < -0.4 is 14.0 Å². The highest BCUT2D eigenvalue weighted by Gasteiger charge is 2.35. The lowest BCUT2D eigenvalue weighted by Crippen LogP contribution is -2.60. The lowest BCUT2D eigenvalue weighted by atomic mass is 10.1. The van der Waals surface area contributed by atoms with Crippen molar-refractivity contribution < 1.29 is 44.8 Å². The van der Waals surface area contributed by atoms with Gasteiger partial charge in [0.05, 0.1) is 36.8 Å². The van der Waals surface area contributed by atoms with Gasteiger partial charge in [-0.2, -0.15) is 23.2 Å². The van der Waals surface area contributed by atoms with Crippen molar-refractivity contribution in [3.8, 4) is 17.6 Å². The summed E-state index contributed by atoms with van der Waals surface area (Å²) in [4.78, 5) is 12.5. The number of benzene rings is 2. The van der Waals surface area contributed by atoms with E-state index in [1.54, 1.807) is 18.2 Å². The van der Waals surface area contributed by atoms with Gasteiger partial charge in [0, 0.05) is 17.8 Å². The van der Waals surface area contributed by atoms with Crippen LogP contribution in [0.2, 0.25) is 0 Å². The summed E-state index contributed by atoms with van der Waals surface area (Å²) in [6, 6.07) is 10.2. The average Bonchev–Trinajstić information content (AvgIpc) is 3.38. The minimum Gasteiger partial charge on any atom is -0.488 e. The van der Waals surface area contributed by atoms with Crippen molar-refractivity contribution in [3.63, 3.8) is 0 Å². The average molecular weight is 662 g/mol. The minimum atomic E-state index is -4.90. The number of nitriles is 1. The number of rotatable bonds is 12. The molecule has 0 saturated carbocycles. The van der Waals surface area contributed by atoms with E-state index in [0.717, 1.165) is 73.6 Å². The van der Waals surface area contributed by atoms with Gasteiger partial charge in [0.25, 0.3) is 10.0 Å². The maximum atomic E-state index is 13.2. The predicted octanol–water partition coefficient (Wildman–Crippen LogP) is 4.84. The second-order valence-electron chi connectivity index (χ2n) is 10.5. The molecule has 3 aromatic rings. The molecule has 1 aliphatic rings. The molecule has 43 heavy (non-hydrogen) atoms. The van der Waals surface area contributed by atoms with E-state index in [-0.39, 0.29) is 4.21 Å². The fraction of sp³-hybridized carbons (Fsp3) is 0.444. The third-order valence-corrected chi connectivity index (χ3v) is 11.6. The standard InChI is InChI=1S/C27H32F3N4O6PS2/c1-3-10-34(11-8-33(2)9-12-34)13-14-39-22-6-7-25-21(15-22)16-26(42-25)43(37,38)32-19-41(35,36)40-23-5-4-20(18-31)24(17-23)27(28,29)30/h4-7,15-17,32H,3,8-14,19H2,1-2H3/p+1. The maximum Gasteiger partial charge on any atom is 0.417 e. The summed E-state index contributed by atoms with van der Waals surface area (Å²) >= 11 is 0.947. The van der Waals surface area contributed by atoms with Crippen LogP contribution >= 0.6 is 18.9 Å². The van der Waals surface area contributed by atoms with Crippen LogP contribution in [-0.2, 0) is 20.8 Å². The summed E-state index contributed by atoms with van der Waals surface area (Å²) in [6.07, 6.45) is -4.91. The van der Waals surface area contributed by atoms with Crippen molar-refractivity contribution in [2.24, 2.45) is 0 Å². The van der Waals surface area contributed by atoms with Crippen molar-refractivity contribution in [1.82, 2.24) is 9.62 Å². The molecular formula is C27H33F3N4O6PS2+. The Bertz CT molecular complexity index is 1650. The number of sulfonamides is 1. The van der Waals surface area contributed by atoms with Crippen molar-refractivity contribution in [2.45, 2.75) is 23.7 Å². The molecule has 1 fully saturated rings. The molecule has 234 valence electrons. The Morgan fingerprint density at radius 2 is 1.84 bits per heavy atom. The first-order chi connectivity index (χ1) is 20.2. The molecule has 1 atom stereocenters. The number of piperazine rings is 1. The van der Waals surface area contributed by atoms with Crippen LogP contribution in [0.15, 0.2) is 46.7 Å². The van der Waals surface area contributed by atoms with Gasteiger partial charge in [-0.05, 0) is 61.3 Å². The molecule has 4 rings (SSSR count). The summed E-state index contributed by atoms with van der Waals surface area (Å²) < 4.78 is 92.4. The van der Waals surface area contributed by atoms with Crippen molar-refractivity contribution in [3.05, 3.63) is 53.6 Å². The smallest absolute Gasteiger partial charge is 0.417 e. The monoisotopic (exact) mass is 661 g/mol. The summed E-state index contributed by atoms with van der Waals surface area (Å²) in [5, 5.41) is 9.51. The number of thiophene rings is 1. The molecule has 0 radical (unpaired) electrons. The Hall–Kier alpha value is -2.70. The number of quaternary nitrogens is 1. The lowest BCUT2D eigenvalue weighted by Gasteiger charge is -2.44. The van der Waals surface area contributed by atoms with Gasteiger partial charge in [-0.1, -0.05) is 6.92 Å². The van der Waals surface area contributed by atoms with Crippen LogP contribution in [0.4, 0.5) is 13.2 Å². The Balaban J connectivity index is 1.39. The molecule has 2 N–H and O–H groups in total.